The third kappa shape index (κ3) is 2.82. The first-order valence-electron chi connectivity index (χ1n) is 8.03. The van der Waals surface area contributed by atoms with E-state index in [1.165, 1.54) is 12.4 Å². The van der Waals surface area contributed by atoms with Gasteiger partial charge in [-0.1, -0.05) is 17.7 Å². The second kappa shape index (κ2) is 6.14. The molecule has 0 fully saturated rings. The molecule has 3 aromatic rings. The Hall–Kier alpha value is -2.86. The summed E-state index contributed by atoms with van der Waals surface area (Å²) in [4.78, 5) is 12.3. The Morgan fingerprint density at radius 2 is 2.00 bits per heavy atom. The van der Waals surface area contributed by atoms with E-state index in [1.807, 2.05) is 6.92 Å². The van der Waals surface area contributed by atoms with Crippen molar-refractivity contribution in [2.24, 2.45) is 0 Å². The maximum absolute atomic E-state index is 14.7. The Kier molecular flexibility index (Phi) is 3.92. The monoisotopic (exact) mass is 367 g/mol. The number of aromatic nitrogens is 3. The van der Waals surface area contributed by atoms with Crippen molar-refractivity contribution in [3.8, 4) is 11.1 Å². The number of benzene rings is 1. The number of rotatable bonds is 2. The zero-order valence-electron chi connectivity index (χ0n) is 13.9. The predicted molar refractivity (Wildman–Crippen MR) is 97.7 cm³/mol. The highest BCUT2D eigenvalue weighted by Crippen LogP contribution is 2.34. The molecule has 1 atom stereocenters. The average Bonchev–Trinajstić information content (AvgIpc) is 2.62. The molecule has 1 aromatic carbocycles. The van der Waals surface area contributed by atoms with Gasteiger partial charge in [0.1, 0.15) is 18.0 Å². The summed E-state index contributed by atoms with van der Waals surface area (Å²) in [5.74, 6) is -0.160. The SMILES string of the molecule is C[C@@]1(c2cc(-c3cncc(Cl)c3)ccc2F)Cc2ncncc2C(=N)N1. The van der Waals surface area contributed by atoms with Crippen molar-refractivity contribution in [3.63, 3.8) is 0 Å². The van der Waals surface area contributed by atoms with Crippen molar-refractivity contribution in [3.05, 3.63) is 76.8 Å². The van der Waals surface area contributed by atoms with Gasteiger partial charge in [0.2, 0.25) is 0 Å². The molecule has 0 spiro atoms. The second-order valence-electron chi connectivity index (χ2n) is 6.48. The van der Waals surface area contributed by atoms with Gasteiger partial charge in [-0.05, 0) is 30.7 Å². The molecule has 0 amide bonds. The molecule has 0 aliphatic carbocycles. The molecule has 3 heterocycles. The Labute approximate surface area is 154 Å². The molecule has 7 heteroatoms. The lowest BCUT2D eigenvalue weighted by molar-refractivity contribution is 0.395. The van der Waals surface area contributed by atoms with Gasteiger partial charge in [-0.15, -0.1) is 0 Å². The van der Waals surface area contributed by atoms with Crippen LogP contribution in [0.1, 0.15) is 23.7 Å². The second-order valence-corrected chi connectivity index (χ2v) is 6.91. The van der Waals surface area contributed by atoms with Crippen LogP contribution < -0.4 is 5.32 Å². The van der Waals surface area contributed by atoms with Crippen LogP contribution in [0.25, 0.3) is 11.1 Å². The van der Waals surface area contributed by atoms with Gasteiger partial charge in [-0.3, -0.25) is 10.4 Å². The van der Waals surface area contributed by atoms with Crippen LogP contribution in [0.4, 0.5) is 4.39 Å². The molecule has 0 saturated carbocycles. The predicted octanol–water partition coefficient (Wildman–Crippen LogP) is 3.72. The summed E-state index contributed by atoms with van der Waals surface area (Å²) in [6.07, 6.45) is 6.73. The van der Waals surface area contributed by atoms with Crippen LogP contribution in [0.2, 0.25) is 5.02 Å². The van der Waals surface area contributed by atoms with E-state index in [0.717, 1.165) is 16.8 Å². The third-order valence-electron chi connectivity index (χ3n) is 4.59. The zero-order chi connectivity index (χ0) is 18.3. The topological polar surface area (TPSA) is 74.5 Å². The fraction of sp³-hybridized carbons (Fsp3) is 0.158. The van der Waals surface area contributed by atoms with Crippen LogP contribution in [0.5, 0.6) is 0 Å². The van der Waals surface area contributed by atoms with E-state index in [-0.39, 0.29) is 11.7 Å². The molecular weight excluding hydrogens is 353 g/mol. The van der Waals surface area contributed by atoms with Crippen LogP contribution in [-0.4, -0.2) is 20.8 Å². The highest BCUT2D eigenvalue weighted by Gasteiger charge is 2.36. The van der Waals surface area contributed by atoms with E-state index < -0.39 is 5.54 Å². The number of halogens is 2. The summed E-state index contributed by atoms with van der Waals surface area (Å²) in [6, 6.07) is 6.68. The maximum atomic E-state index is 14.7. The van der Waals surface area contributed by atoms with E-state index >= 15 is 0 Å². The summed E-state index contributed by atoms with van der Waals surface area (Å²) in [6.45, 7) is 1.87. The van der Waals surface area contributed by atoms with Crippen molar-refractivity contribution in [2.75, 3.05) is 0 Å². The van der Waals surface area contributed by atoms with Crippen molar-refractivity contribution in [2.45, 2.75) is 18.9 Å². The van der Waals surface area contributed by atoms with E-state index in [1.54, 1.807) is 36.8 Å². The minimum absolute atomic E-state index is 0.184. The van der Waals surface area contributed by atoms with Gasteiger partial charge < -0.3 is 5.32 Å². The van der Waals surface area contributed by atoms with Gasteiger partial charge in [-0.25, -0.2) is 14.4 Å². The Morgan fingerprint density at radius 1 is 1.15 bits per heavy atom. The lowest BCUT2D eigenvalue weighted by atomic mass is 9.81. The van der Waals surface area contributed by atoms with Crippen molar-refractivity contribution in [1.29, 1.82) is 5.41 Å². The number of fused-ring (bicyclic) bond motifs is 1. The molecule has 0 unspecified atom stereocenters. The van der Waals surface area contributed by atoms with Crippen LogP contribution >= 0.6 is 11.6 Å². The number of nitrogens with one attached hydrogen (secondary N) is 2. The number of pyridine rings is 1. The molecule has 2 N–H and O–H groups in total. The Bertz CT molecular complexity index is 1020. The van der Waals surface area contributed by atoms with Crippen LogP contribution in [0.15, 0.2) is 49.2 Å². The number of hydrogen-bond donors (Lipinski definition) is 2. The van der Waals surface area contributed by atoms with Crippen molar-refractivity contribution < 1.29 is 4.39 Å². The molecule has 26 heavy (non-hydrogen) atoms. The fourth-order valence-corrected chi connectivity index (χ4v) is 3.46. The summed E-state index contributed by atoms with van der Waals surface area (Å²) in [5.41, 5.74) is 2.63. The first-order valence-corrected chi connectivity index (χ1v) is 8.41. The first kappa shape index (κ1) is 16.6. The standard InChI is InChI=1S/C19H15ClFN5/c1-19(6-17-14(18(22)26-19)9-24-10-25-17)15-5-11(2-3-16(15)21)12-4-13(20)8-23-7-12/h2-5,7-10H,6H2,1H3,(H2,22,26)/t19-/m0/s1. The van der Waals surface area contributed by atoms with E-state index in [0.29, 0.717) is 22.6 Å². The normalized spacial score (nSPS) is 19.0. The molecule has 1 aliphatic heterocycles. The molecule has 5 nitrogen and oxygen atoms in total. The Morgan fingerprint density at radius 3 is 2.81 bits per heavy atom. The Balaban J connectivity index is 1.80. The van der Waals surface area contributed by atoms with Crippen molar-refractivity contribution in [1.82, 2.24) is 20.3 Å². The molecular formula is C19H15ClFN5. The van der Waals surface area contributed by atoms with E-state index in [4.69, 9.17) is 17.0 Å². The van der Waals surface area contributed by atoms with Crippen LogP contribution in [0, 0.1) is 11.2 Å². The van der Waals surface area contributed by atoms with Crippen molar-refractivity contribution >= 4 is 17.4 Å². The molecule has 0 saturated heterocycles. The number of amidine groups is 1. The summed E-state index contributed by atoms with van der Waals surface area (Å²) in [7, 11) is 0. The highest BCUT2D eigenvalue weighted by atomic mass is 35.5. The lowest BCUT2D eigenvalue weighted by Gasteiger charge is -2.37. The summed E-state index contributed by atoms with van der Waals surface area (Å²) < 4.78 is 14.7. The zero-order valence-corrected chi connectivity index (χ0v) is 14.7. The molecule has 0 radical (unpaired) electrons. The van der Waals surface area contributed by atoms with Gasteiger partial charge in [0.25, 0.3) is 0 Å². The molecule has 4 rings (SSSR count). The minimum Gasteiger partial charge on any atom is -0.360 e. The highest BCUT2D eigenvalue weighted by molar-refractivity contribution is 6.30. The maximum Gasteiger partial charge on any atom is 0.129 e. The molecule has 1 aliphatic rings. The number of nitrogens with zero attached hydrogens (tertiary/aromatic N) is 3. The van der Waals surface area contributed by atoms with Gasteiger partial charge in [-0.2, -0.15) is 0 Å². The van der Waals surface area contributed by atoms with E-state index in [9.17, 15) is 4.39 Å². The minimum atomic E-state index is -0.801. The van der Waals surface area contributed by atoms with Gasteiger partial charge in [0.15, 0.2) is 0 Å². The fourth-order valence-electron chi connectivity index (χ4n) is 3.29. The molecule has 2 aromatic heterocycles. The number of hydrogen-bond acceptors (Lipinski definition) is 4. The first-order chi connectivity index (χ1) is 12.5. The lowest BCUT2D eigenvalue weighted by Crippen LogP contribution is -2.50. The molecule has 130 valence electrons. The largest absolute Gasteiger partial charge is 0.360 e. The van der Waals surface area contributed by atoms with Gasteiger partial charge in [0.05, 0.1) is 21.8 Å². The van der Waals surface area contributed by atoms with Crippen LogP contribution in [-0.2, 0) is 12.0 Å². The summed E-state index contributed by atoms with van der Waals surface area (Å²) in [5, 5.41) is 11.9. The smallest absolute Gasteiger partial charge is 0.129 e. The average molecular weight is 368 g/mol. The van der Waals surface area contributed by atoms with Crippen LogP contribution in [0.3, 0.4) is 0 Å². The van der Waals surface area contributed by atoms with Gasteiger partial charge >= 0.3 is 0 Å². The summed E-state index contributed by atoms with van der Waals surface area (Å²) >= 11 is 6.03. The third-order valence-corrected chi connectivity index (χ3v) is 4.79. The quantitative estimate of drug-likeness (QED) is 0.724. The van der Waals surface area contributed by atoms with Gasteiger partial charge in [0, 0.05) is 36.1 Å². The van der Waals surface area contributed by atoms with E-state index in [2.05, 4.69) is 20.3 Å². The molecule has 0 bridgehead atoms.